The average molecular weight is 481 g/mol. The third kappa shape index (κ3) is 7.32. The lowest BCUT2D eigenvalue weighted by Gasteiger charge is -2.40. The van der Waals surface area contributed by atoms with Crippen LogP contribution in [0.25, 0.3) is 0 Å². The molecule has 5 heteroatoms. The first-order valence-corrected chi connectivity index (χ1v) is 15.6. The highest BCUT2D eigenvalue weighted by molar-refractivity contribution is 14.1. The van der Waals surface area contributed by atoms with E-state index in [1.54, 1.807) is 0 Å². The fourth-order valence-electron chi connectivity index (χ4n) is 1.60. The van der Waals surface area contributed by atoms with Gasteiger partial charge in [0.15, 0.2) is 16.6 Å². The maximum absolute atomic E-state index is 6.62. The number of hydrogen-bond acceptors (Lipinski definition) is 2. The Bertz CT molecular complexity index is 477. The maximum atomic E-state index is 6.62. The van der Waals surface area contributed by atoms with Gasteiger partial charge in [0.2, 0.25) is 0 Å². The highest BCUT2D eigenvalue weighted by Crippen LogP contribution is 2.40. The number of terminal acetylenes is 1. The zero-order valence-corrected chi connectivity index (χ0v) is 21.5. The van der Waals surface area contributed by atoms with Crippen LogP contribution in [0.2, 0.25) is 36.3 Å². The van der Waals surface area contributed by atoms with Gasteiger partial charge in [-0.2, -0.15) is 0 Å². The van der Waals surface area contributed by atoms with Gasteiger partial charge in [-0.1, -0.05) is 47.5 Å². The smallest absolute Gasteiger partial charge is 0.192 e. The van der Waals surface area contributed by atoms with Gasteiger partial charge in [-0.15, -0.1) is 6.42 Å². The molecule has 0 aliphatic rings. The fraction of sp³-hybridized carbons (Fsp3) is 0.789. The lowest BCUT2D eigenvalue weighted by Crippen LogP contribution is -2.45. The van der Waals surface area contributed by atoms with Crippen molar-refractivity contribution in [2.24, 2.45) is 0 Å². The van der Waals surface area contributed by atoms with E-state index in [1.165, 1.54) is 0 Å². The van der Waals surface area contributed by atoms with Gasteiger partial charge in [0.1, 0.15) is 0 Å². The average Bonchev–Trinajstić information content (AvgIpc) is 2.34. The van der Waals surface area contributed by atoms with Crippen LogP contribution in [-0.4, -0.2) is 29.3 Å². The summed E-state index contributed by atoms with van der Waals surface area (Å²) in [4.78, 5) is 0. The summed E-state index contributed by atoms with van der Waals surface area (Å²) >= 11 is 2.32. The molecule has 2 nitrogen and oxygen atoms in total. The van der Waals surface area contributed by atoms with Crippen LogP contribution in [0.5, 0.6) is 0 Å². The molecule has 0 heterocycles. The number of hydrogen-bond donors (Lipinski definition) is 0. The van der Waals surface area contributed by atoms with Gasteiger partial charge < -0.3 is 8.85 Å². The summed E-state index contributed by atoms with van der Waals surface area (Å²) in [5.74, 6) is 2.64. The molecule has 0 fully saturated rings. The molecule has 0 saturated carbocycles. The van der Waals surface area contributed by atoms with Crippen molar-refractivity contribution in [3.63, 3.8) is 0 Å². The van der Waals surface area contributed by atoms with Gasteiger partial charge in [0.05, 0.1) is 6.10 Å². The minimum atomic E-state index is -1.85. The Kier molecular flexibility index (Phi) is 8.99. The van der Waals surface area contributed by atoms with Crippen LogP contribution in [0.3, 0.4) is 0 Å². The lowest BCUT2D eigenvalue weighted by atomic mass is 10.2. The van der Waals surface area contributed by atoms with Crippen LogP contribution in [0, 0.1) is 12.3 Å². The van der Waals surface area contributed by atoms with Crippen LogP contribution in [0.1, 0.15) is 48.0 Å². The van der Waals surface area contributed by atoms with Gasteiger partial charge >= 0.3 is 0 Å². The Balaban J connectivity index is 5.09. The monoisotopic (exact) mass is 480 g/mol. The van der Waals surface area contributed by atoms with Crippen molar-refractivity contribution >= 4 is 39.2 Å². The molecular formula is C19H37IO2Si2. The van der Waals surface area contributed by atoms with Gasteiger partial charge in [0.25, 0.3) is 0 Å². The van der Waals surface area contributed by atoms with E-state index in [2.05, 4.69) is 96.2 Å². The van der Waals surface area contributed by atoms with E-state index in [1.807, 2.05) is 6.08 Å². The lowest BCUT2D eigenvalue weighted by molar-refractivity contribution is 0.175. The third-order valence-corrected chi connectivity index (χ3v) is 15.5. The van der Waals surface area contributed by atoms with E-state index in [0.29, 0.717) is 0 Å². The van der Waals surface area contributed by atoms with Crippen LogP contribution >= 0.6 is 22.6 Å². The molecule has 140 valence electrons. The van der Waals surface area contributed by atoms with E-state index in [9.17, 15) is 0 Å². The van der Waals surface area contributed by atoms with Gasteiger partial charge in [0, 0.05) is 10.2 Å². The molecule has 0 rings (SSSR count). The molecule has 0 aromatic rings. The second kappa shape index (κ2) is 8.85. The molecule has 24 heavy (non-hydrogen) atoms. The SMILES string of the molecule is C#C/C=C(\I)[C@@H](CCO[Si](C)(C)C(C)(C)C)O[Si](C)(C)C(C)(C)C. The van der Waals surface area contributed by atoms with Gasteiger partial charge in [-0.3, -0.25) is 0 Å². The first kappa shape index (κ1) is 24.4. The minimum absolute atomic E-state index is 0.0345. The molecule has 1 atom stereocenters. The molecule has 0 aromatic heterocycles. The van der Waals surface area contributed by atoms with Crippen molar-refractivity contribution in [1.29, 1.82) is 0 Å². The van der Waals surface area contributed by atoms with Crippen LogP contribution in [0.15, 0.2) is 9.66 Å². The number of allylic oxidation sites excluding steroid dienone is 1. The first-order valence-electron chi connectivity index (χ1n) is 8.68. The van der Waals surface area contributed by atoms with Crippen molar-refractivity contribution in [3.8, 4) is 12.3 Å². The maximum Gasteiger partial charge on any atom is 0.192 e. The van der Waals surface area contributed by atoms with Crippen molar-refractivity contribution < 1.29 is 8.85 Å². The predicted molar refractivity (Wildman–Crippen MR) is 121 cm³/mol. The summed E-state index contributed by atoms with van der Waals surface area (Å²) in [7, 11) is -3.58. The predicted octanol–water partition coefficient (Wildman–Crippen LogP) is 6.74. The first-order chi connectivity index (χ1) is 10.5. The Hall–Kier alpha value is 0.384. The second-order valence-corrected chi connectivity index (χ2v) is 20.3. The van der Waals surface area contributed by atoms with Gasteiger partial charge in [-0.05, 0) is 71.4 Å². The summed E-state index contributed by atoms with van der Waals surface area (Å²) in [6.07, 6.45) is 8.19. The number of halogens is 1. The molecule has 0 aliphatic carbocycles. The molecule has 0 unspecified atom stereocenters. The molecule has 0 amide bonds. The van der Waals surface area contributed by atoms with E-state index in [-0.39, 0.29) is 16.2 Å². The Morgan fingerprint density at radius 1 is 1.04 bits per heavy atom. The molecule has 0 saturated heterocycles. The summed E-state index contributed by atoms with van der Waals surface area (Å²) in [5, 5.41) is 0.406. The van der Waals surface area contributed by atoms with Crippen LogP contribution in [0.4, 0.5) is 0 Å². The molecular weight excluding hydrogens is 443 g/mol. The van der Waals surface area contributed by atoms with E-state index in [0.717, 1.165) is 16.6 Å². The van der Waals surface area contributed by atoms with E-state index in [4.69, 9.17) is 15.3 Å². The highest BCUT2D eigenvalue weighted by Gasteiger charge is 2.40. The van der Waals surface area contributed by atoms with Gasteiger partial charge in [-0.25, -0.2) is 0 Å². The largest absolute Gasteiger partial charge is 0.417 e. The summed E-state index contributed by atoms with van der Waals surface area (Å²) < 4.78 is 14.1. The highest BCUT2D eigenvalue weighted by atomic mass is 127. The Morgan fingerprint density at radius 2 is 1.50 bits per heavy atom. The third-order valence-electron chi connectivity index (χ3n) is 5.42. The molecule has 0 aromatic carbocycles. The molecule has 0 spiro atoms. The second-order valence-electron chi connectivity index (χ2n) is 9.46. The Morgan fingerprint density at radius 3 is 1.88 bits per heavy atom. The topological polar surface area (TPSA) is 18.5 Å². The molecule has 0 aliphatic heterocycles. The van der Waals surface area contributed by atoms with E-state index >= 15 is 0 Å². The zero-order chi connectivity index (χ0) is 19.4. The summed E-state index contributed by atoms with van der Waals surface area (Å²) in [6, 6.07) is 0. The van der Waals surface area contributed by atoms with Crippen molar-refractivity contribution in [1.82, 2.24) is 0 Å². The Labute approximate surface area is 166 Å². The standard InChI is InChI=1S/C19H37IO2Si2/c1-12-13-16(20)17(22-24(10,11)19(5,6)7)14-15-21-23(8,9)18(2,3)4/h1,13,17H,14-15H2,2-11H3/b16-13-/t17-/m1/s1. The molecule has 0 radical (unpaired) electrons. The summed E-state index contributed by atoms with van der Waals surface area (Å²) in [6.45, 7) is 23.5. The normalized spacial score (nSPS) is 16.0. The summed E-state index contributed by atoms with van der Waals surface area (Å²) in [5.41, 5.74) is 0. The molecule has 0 N–H and O–H groups in total. The quantitative estimate of drug-likeness (QED) is 0.228. The van der Waals surface area contributed by atoms with Crippen LogP contribution < -0.4 is 0 Å². The van der Waals surface area contributed by atoms with Crippen molar-refractivity contribution in [2.75, 3.05) is 6.61 Å². The molecule has 0 bridgehead atoms. The fourth-order valence-corrected chi connectivity index (χ4v) is 4.82. The van der Waals surface area contributed by atoms with E-state index < -0.39 is 16.6 Å². The number of rotatable bonds is 7. The van der Waals surface area contributed by atoms with Crippen molar-refractivity contribution in [2.45, 2.75) is 90.3 Å². The van der Waals surface area contributed by atoms with Crippen LogP contribution in [-0.2, 0) is 8.85 Å². The zero-order valence-electron chi connectivity index (χ0n) is 17.3. The van der Waals surface area contributed by atoms with Crippen molar-refractivity contribution in [3.05, 3.63) is 9.66 Å². The minimum Gasteiger partial charge on any atom is -0.417 e.